The molecule has 0 saturated carbocycles. The van der Waals surface area contributed by atoms with Crippen molar-refractivity contribution in [2.75, 3.05) is 13.7 Å². The van der Waals surface area contributed by atoms with Crippen LogP contribution in [0.15, 0.2) is 49.1 Å². The van der Waals surface area contributed by atoms with Crippen LogP contribution >= 0.6 is 23.2 Å². The number of benzene rings is 2. The maximum Gasteiger partial charge on any atom is 0.258 e. The number of hydrogen-bond donors (Lipinski definition) is 0. The molecule has 0 aliphatic rings. The van der Waals surface area contributed by atoms with E-state index in [-0.39, 0.29) is 5.91 Å². The number of hydrogen-bond acceptors (Lipinski definition) is 3. The van der Waals surface area contributed by atoms with E-state index in [9.17, 15) is 4.79 Å². The third-order valence-electron chi connectivity index (χ3n) is 4.47. The van der Waals surface area contributed by atoms with Crippen LogP contribution in [0.1, 0.15) is 23.1 Å². The fourth-order valence-electron chi connectivity index (χ4n) is 3.18. The van der Waals surface area contributed by atoms with Gasteiger partial charge in [-0.15, -0.1) is 6.58 Å². The van der Waals surface area contributed by atoms with Gasteiger partial charge >= 0.3 is 0 Å². The summed E-state index contributed by atoms with van der Waals surface area (Å²) >= 11 is 12.2. The number of amides is 1. The molecule has 0 spiro atoms. The quantitative estimate of drug-likeness (QED) is 0.496. The molecule has 0 aliphatic carbocycles. The molecule has 0 N–H and O–H groups in total. The third-order valence-corrected chi connectivity index (χ3v) is 4.94. The molecule has 7 heteroatoms. The summed E-state index contributed by atoms with van der Waals surface area (Å²) in [7, 11) is 1.53. The van der Waals surface area contributed by atoms with E-state index in [1.54, 1.807) is 29.2 Å². The molecule has 5 nitrogen and oxygen atoms in total. The predicted molar refractivity (Wildman–Crippen MR) is 113 cm³/mol. The minimum absolute atomic E-state index is 0.202. The number of rotatable bonds is 7. The van der Waals surface area contributed by atoms with Crippen molar-refractivity contribution in [2.24, 2.45) is 0 Å². The summed E-state index contributed by atoms with van der Waals surface area (Å²) in [5.41, 5.74) is 2.18. The summed E-state index contributed by atoms with van der Waals surface area (Å²) in [4.78, 5) is 19.6. The molecule has 0 bridgehead atoms. The van der Waals surface area contributed by atoms with Gasteiger partial charge < -0.3 is 14.2 Å². The number of methoxy groups -OCH3 is 1. The van der Waals surface area contributed by atoms with Gasteiger partial charge in [0.2, 0.25) is 0 Å². The number of ether oxygens (including phenoxy) is 1. The van der Waals surface area contributed by atoms with Gasteiger partial charge in [0.05, 0.1) is 30.3 Å². The highest BCUT2D eigenvalue weighted by Gasteiger charge is 2.22. The lowest BCUT2D eigenvalue weighted by Crippen LogP contribution is -2.32. The fraction of sp³-hybridized carbons (Fsp3) is 0.238. The molecular weight excluding hydrogens is 397 g/mol. The van der Waals surface area contributed by atoms with Crippen molar-refractivity contribution < 1.29 is 9.53 Å². The normalized spacial score (nSPS) is 10.9. The van der Waals surface area contributed by atoms with Crippen LogP contribution in [0.5, 0.6) is 5.75 Å². The summed E-state index contributed by atoms with van der Waals surface area (Å²) in [6.07, 6.45) is 1.69. The minimum atomic E-state index is -0.202. The maximum absolute atomic E-state index is 13.2. The van der Waals surface area contributed by atoms with Gasteiger partial charge in [0.25, 0.3) is 5.91 Å². The number of carbonyl (C=O) groups is 1. The smallest absolute Gasteiger partial charge is 0.258 e. The summed E-state index contributed by atoms with van der Waals surface area (Å²) < 4.78 is 7.39. The Bertz CT molecular complexity index is 1030. The van der Waals surface area contributed by atoms with E-state index in [2.05, 4.69) is 11.1 Å². The van der Waals surface area contributed by atoms with E-state index in [1.165, 1.54) is 7.11 Å². The second-order valence-corrected chi connectivity index (χ2v) is 7.10. The number of halogens is 2. The Balaban J connectivity index is 2.00. The van der Waals surface area contributed by atoms with Gasteiger partial charge in [-0.1, -0.05) is 29.3 Å². The number of imidazole rings is 1. The monoisotopic (exact) mass is 417 g/mol. The highest BCUT2D eigenvalue weighted by molar-refractivity contribution is 6.31. The average Bonchev–Trinajstić information content (AvgIpc) is 3.03. The van der Waals surface area contributed by atoms with E-state index in [4.69, 9.17) is 32.9 Å². The van der Waals surface area contributed by atoms with Crippen molar-refractivity contribution in [3.63, 3.8) is 0 Å². The van der Waals surface area contributed by atoms with Gasteiger partial charge in [0.15, 0.2) is 0 Å². The van der Waals surface area contributed by atoms with Gasteiger partial charge in [0.1, 0.15) is 11.6 Å². The second kappa shape index (κ2) is 8.67. The van der Waals surface area contributed by atoms with E-state index in [0.29, 0.717) is 41.0 Å². The minimum Gasteiger partial charge on any atom is -0.496 e. The van der Waals surface area contributed by atoms with E-state index in [0.717, 1.165) is 16.9 Å². The molecule has 0 saturated heterocycles. The Morgan fingerprint density at radius 3 is 2.64 bits per heavy atom. The largest absolute Gasteiger partial charge is 0.496 e. The Hall–Kier alpha value is -2.50. The van der Waals surface area contributed by atoms with Gasteiger partial charge in [0, 0.05) is 23.1 Å². The first kappa shape index (κ1) is 20.2. The van der Waals surface area contributed by atoms with Crippen LogP contribution in [0, 0.1) is 0 Å². The molecular formula is C21H21Cl2N3O2. The molecule has 0 atom stereocenters. The van der Waals surface area contributed by atoms with E-state index >= 15 is 0 Å². The third kappa shape index (κ3) is 4.01. The standard InChI is InChI=1S/C21H21Cl2N3O2/c1-4-10-25(21(27)16-11-14(22)7-9-19(16)28-3)13-20-24-17-8-6-15(23)12-18(17)26(20)5-2/h4,6-9,11-12H,1,5,10,13H2,2-3H3. The summed E-state index contributed by atoms with van der Waals surface area (Å²) in [5.74, 6) is 1.04. The first-order chi connectivity index (χ1) is 13.5. The van der Waals surface area contributed by atoms with Crippen LogP contribution in [0.25, 0.3) is 11.0 Å². The van der Waals surface area contributed by atoms with E-state index in [1.807, 2.05) is 25.1 Å². The molecule has 0 fully saturated rings. The molecule has 1 amide bonds. The van der Waals surface area contributed by atoms with Crippen LogP contribution < -0.4 is 4.74 Å². The Kier molecular flexibility index (Phi) is 6.27. The van der Waals surface area contributed by atoms with Crippen molar-refractivity contribution in [2.45, 2.75) is 20.0 Å². The Morgan fingerprint density at radius 2 is 1.96 bits per heavy atom. The van der Waals surface area contributed by atoms with Crippen LogP contribution in [0.4, 0.5) is 0 Å². The predicted octanol–water partition coefficient (Wildman–Crippen LogP) is 5.20. The summed E-state index contributed by atoms with van der Waals surface area (Å²) in [6, 6.07) is 10.6. The summed E-state index contributed by atoms with van der Waals surface area (Å²) in [6.45, 7) is 7.21. The summed E-state index contributed by atoms with van der Waals surface area (Å²) in [5, 5.41) is 1.12. The average molecular weight is 418 g/mol. The highest BCUT2D eigenvalue weighted by atomic mass is 35.5. The van der Waals surface area contributed by atoms with Crippen LogP contribution in [0.2, 0.25) is 10.0 Å². The van der Waals surface area contributed by atoms with Crippen molar-refractivity contribution in [3.05, 3.63) is 70.5 Å². The van der Waals surface area contributed by atoms with Gasteiger partial charge in [-0.05, 0) is 43.3 Å². The second-order valence-electron chi connectivity index (χ2n) is 6.22. The molecule has 1 heterocycles. The maximum atomic E-state index is 13.2. The number of aromatic nitrogens is 2. The number of aryl methyl sites for hydroxylation is 1. The molecule has 28 heavy (non-hydrogen) atoms. The first-order valence-corrected chi connectivity index (χ1v) is 9.62. The van der Waals surface area contributed by atoms with Crippen LogP contribution in [-0.4, -0.2) is 34.0 Å². The van der Waals surface area contributed by atoms with Crippen molar-refractivity contribution in [3.8, 4) is 5.75 Å². The number of fused-ring (bicyclic) bond motifs is 1. The van der Waals surface area contributed by atoms with Crippen molar-refractivity contribution in [1.82, 2.24) is 14.5 Å². The van der Waals surface area contributed by atoms with Gasteiger partial charge in [-0.3, -0.25) is 4.79 Å². The van der Waals surface area contributed by atoms with Crippen molar-refractivity contribution in [1.29, 1.82) is 0 Å². The van der Waals surface area contributed by atoms with Crippen LogP contribution in [0.3, 0.4) is 0 Å². The molecule has 3 rings (SSSR count). The lowest BCUT2D eigenvalue weighted by molar-refractivity contribution is 0.0754. The molecule has 1 aromatic heterocycles. The number of nitrogens with zero attached hydrogens (tertiary/aromatic N) is 3. The molecule has 3 aromatic rings. The highest BCUT2D eigenvalue weighted by Crippen LogP contribution is 2.26. The first-order valence-electron chi connectivity index (χ1n) is 8.86. The molecule has 0 radical (unpaired) electrons. The Labute approximate surface area is 174 Å². The van der Waals surface area contributed by atoms with Gasteiger partial charge in [-0.2, -0.15) is 0 Å². The zero-order valence-electron chi connectivity index (χ0n) is 15.8. The lowest BCUT2D eigenvalue weighted by atomic mass is 10.1. The molecule has 0 aliphatic heterocycles. The van der Waals surface area contributed by atoms with Crippen molar-refractivity contribution >= 4 is 40.1 Å². The number of carbonyl (C=O) groups excluding carboxylic acids is 1. The molecule has 146 valence electrons. The SMILES string of the molecule is C=CCN(Cc1nc2ccc(Cl)cc2n1CC)C(=O)c1cc(Cl)ccc1OC. The van der Waals surface area contributed by atoms with Gasteiger partial charge in [-0.25, -0.2) is 4.98 Å². The molecule has 0 unspecified atom stereocenters. The Morgan fingerprint density at radius 1 is 1.25 bits per heavy atom. The fourth-order valence-corrected chi connectivity index (χ4v) is 3.52. The van der Waals surface area contributed by atoms with Crippen LogP contribution in [-0.2, 0) is 13.1 Å². The molecule has 2 aromatic carbocycles. The van der Waals surface area contributed by atoms with E-state index < -0.39 is 0 Å². The zero-order chi connectivity index (χ0) is 20.3. The topological polar surface area (TPSA) is 47.4 Å². The zero-order valence-corrected chi connectivity index (χ0v) is 17.3. The lowest BCUT2D eigenvalue weighted by Gasteiger charge is -2.22.